The molecule has 0 rings (SSSR count). The fraction of sp³-hybridized carbons (Fsp3) is 0.889. The normalized spacial score (nSPS) is 10.2. The van der Waals surface area contributed by atoms with E-state index in [9.17, 15) is 4.79 Å². The Morgan fingerprint density at radius 2 is 1.86 bits per heavy atom. The predicted molar refractivity (Wildman–Crippen MR) is 53.9 cm³/mol. The number of carbonyl (C=O) groups excluding carboxylic acids is 1. The zero-order chi connectivity index (χ0) is 10.8. The molecule has 3 N–H and O–H groups in total. The van der Waals surface area contributed by atoms with E-state index < -0.39 is 0 Å². The number of carbonyl (C=O) groups is 1. The number of nitrogens with one attached hydrogen (secondary N) is 1. The van der Waals surface area contributed by atoms with Crippen LogP contribution >= 0.6 is 0 Å². The molecule has 0 aromatic rings. The van der Waals surface area contributed by atoms with E-state index in [4.69, 9.17) is 10.2 Å². The van der Waals surface area contributed by atoms with E-state index >= 15 is 0 Å². The van der Waals surface area contributed by atoms with Crippen molar-refractivity contribution in [3.05, 3.63) is 0 Å². The van der Waals surface area contributed by atoms with Gasteiger partial charge in [0.2, 0.25) is 5.91 Å². The summed E-state index contributed by atoms with van der Waals surface area (Å²) in [5, 5.41) is 20.3. The Kier molecular flexibility index (Phi) is 8.51. The molecule has 0 heterocycles. The fourth-order valence-electron chi connectivity index (χ4n) is 1.18. The zero-order valence-corrected chi connectivity index (χ0v) is 8.70. The van der Waals surface area contributed by atoms with Crippen LogP contribution in [0.4, 0.5) is 0 Å². The van der Waals surface area contributed by atoms with E-state index in [2.05, 4.69) is 5.32 Å². The molecule has 5 heteroatoms. The van der Waals surface area contributed by atoms with E-state index in [1.54, 1.807) is 0 Å². The average molecular weight is 204 g/mol. The van der Waals surface area contributed by atoms with Gasteiger partial charge in [0.25, 0.3) is 0 Å². The van der Waals surface area contributed by atoms with Gasteiger partial charge in [-0.3, -0.25) is 4.79 Å². The number of nitrogens with zero attached hydrogens (tertiary/aromatic N) is 1. The van der Waals surface area contributed by atoms with Crippen LogP contribution in [0.2, 0.25) is 0 Å². The minimum absolute atomic E-state index is 0.0108. The van der Waals surface area contributed by atoms with E-state index in [0.29, 0.717) is 19.5 Å². The van der Waals surface area contributed by atoms with Crippen LogP contribution < -0.4 is 5.32 Å². The first-order valence-corrected chi connectivity index (χ1v) is 4.90. The van der Waals surface area contributed by atoms with Gasteiger partial charge in [-0.1, -0.05) is 0 Å². The third-order valence-electron chi connectivity index (χ3n) is 1.91. The van der Waals surface area contributed by atoms with Crippen molar-refractivity contribution in [3.8, 4) is 0 Å². The number of rotatable bonds is 8. The van der Waals surface area contributed by atoms with Crippen molar-refractivity contribution in [1.29, 1.82) is 0 Å². The summed E-state index contributed by atoms with van der Waals surface area (Å²) in [5.74, 6) is -0.0108. The molecule has 0 aliphatic carbocycles. The number of hydrogen-bond acceptors (Lipinski definition) is 4. The molecule has 0 aromatic heterocycles. The van der Waals surface area contributed by atoms with Crippen LogP contribution in [0.3, 0.4) is 0 Å². The smallest absolute Gasteiger partial charge is 0.222 e. The van der Waals surface area contributed by atoms with Crippen molar-refractivity contribution in [2.45, 2.75) is 12.8 Å². The zero-order valence-electron chi connectivity index (χ0n) is 8.70. The Balaban J connectivity index is 3.76. The molecule has 0 radical (unpaired) electrons. The van der Waals surface area contributed by atoms with Crippen LogP contribution in [0.1, 0.15) is 12.8 Å². The lowest BCUT2D eigenvalue weighted by Gasteiger charge is -2.20. The van der Waals surface area contributed by atoms with Crippen LogP contribution in [0, 0.1) is 0 Å². The molecular formula is C9H20N2O3. The SMILES string of the molecule is CNCCCC(=O)N(CCO)CCO. The first kappa shape index (κ1) is 13.4. The largest absolute Gasteiger partial charge is 0.395 e. The number of aliphatic hydroxyl groups is 2. The summed E-state index contributed by atoms with van der Waals surface area (Å²) in [6.45, 7) is 1.30. The predicted octanol–water partition coefficient (Wildman–Crippen LogP) is -1.20. The summed E-state index contributed by atoms with van der Waals surface area (Å²) >= 11 is 0. The average Bonchev–Trinajstić information content (AvgIpc) is 2.18. The van der Waals surface area contributed by atoms with E-state index in [1.165, 1.54) is 4.90 Å². The Morgan fingerprint density at radius 1 is 1.29 bits per heavy atom. The van der Waals surface area contributed by atoms with Crippen LogP contribution in [0.5, 0.6) is 0 Å². The molecule has 84 valence electrons. The molecule has 0 aliphatic heterocycles. The number of amides is 1. The third-order valence-corrected chi connectivity index (χ3v) is 1.91. The molecule has 1 amide bonds. The highest BCUT2D eigenvalue weighted by Crippen LogP contribution is 1.96. The van der Waals surface area contributed by atoms with Crippen LogP contribution in [0.25, 0.3) is 0 Å². The Morgan fingerprint density at radius 3 is 2.29 bits per heavy atom. The maximum Gasteiger partial charge on any atom is 0.222 e. The van der Waals surface area contributed by atoms with Crippen LogP contribution in [-0.4, -0.2) is 60.9 Å². The second kappa shape index (κ2) is 8.93. The second-order valence-electron chi connectivity index (χ2n) is 3.04. The van der Waals surface area contributed by atoms with Crippen LogP contribution in [0.15, 0.2) is 0 Å². The highest BCUT2D eigenvalue weighted by atomic mass is 16.3. The van der Waals surface area contributed by atoms with Gasteiger partial charge in [-0.15, -0.1) is 0 Å². The van der Waals surface area contributed by atoms with Crippen molar-refractivity contribution in [1.82, 2.24) is 10.2 Å². The van der Waals surface area contributed by atoms with E-state index in [-0.39, 0.29) is 19.1 Å². The van der Waals surface area contributed by atoms with Gasteiger partial charge in [0.1, 0.15) is 0 Å². The molecular weight excluding hydrogens is 184 g/mol. The molecule has 5 nitrogen and oxygen atoms in total. The lowest BCUT2D eigenvalue weighted by Crippen LogP contribution is -2.36. The molecule has 0 saturated carbocycles. The van der Waals surface area contributed by atoms with E-state index in [1.807, 2.05) is 7.05 Å². The van der Waals surface area contributed by atoms with Gasteiger partial charge in [0, 0.05) is 19.5 Å². The summed E-state index contributed by atoms with van der Waals surface area (Å²) in [6, 6.07) is 0. The van der Waals surface area contributed by atoms with Crippen molar-refractivity contribution in [2.75, 3.05) is 39.9 Å². The monoisotopic (exact) mass is 204 g/mol. The molecule has 14 heavy (non-hydrogen) atoms. The lowest BCUT2D eigenvalue weighted by atomic mass is 10.2. The number of hydrogen-bond donors (Lipinski definition) is 3. The highest BCUT2D eigenvalue weighted by Gasteiger charge is 2.10. The topological polar surface area (TPSA) is 72.8 Å². The Bertz CT molecular complexity index is 147. The van der Waals surface area contributed by atoms with Crippen molar-refractivity contribution < 1.29 is 15.0 Å². The standard InChI is InChI=1S/C9H20N2O3/c1-10-4-2-3-9(14)11(5-7-12)6-8-13/h10,12-13H,2-8H2,1H3. The molecule has 0 bridgehead atoms. The maximum absolute atomic E-state index is 11.5. The fourth-order valence-corrected chi connectivity index (χ4v) is 1.18. The second-order valence-corrected chi connectivity index (χ2v) is 3.04. The minimum Gasteiger partial charge on any atom is -0.395 e. The van der Waals surface area contributed by atoms with E-state index in [0.717, 1.165) is 13.0 Å². The number of aliphatic hydroxyl groups excluding tert-OH is 2. The molecule has 0 saturated heterocycles. The van der Waals surface area contributed by atoms with Crippen LogP contribution in [-0.2, 0) is 4.79 Å². The summed E-state index contributed by atoms with van der Waals surface area (Å²) in [4.78, 5) is 13.0. The first-order chi connectivity index (χ1) is 6.76. The van der Waals surface area contributed by atoms with Gasteiger partial charge >= 0.3 is 0 Å². The minimum atomic E-state index is -0.0578. The van der Waals surface area contributed by atoms with Crippen molar-refractivity contribution in [3.63, 3.8) is 0 Å². The molecule has 0 aliphatic rings. The molecule has 0 unspecified atom stereocenters. The molecule has 0 aromatic carbocycles. The van der Waals surface area contributed by atoms with Crippen molar-refractivity contribution >= 4 is 5.91 Å². The molecule has 0 atom stereocenters. The van der Waals surface area contributed by atoms with Gasteiger partial charge < -0.3 is 20.4 Å². The summed E-state index contributed by atoms with van der Waals surface area (Å²) in [6.07, 6.45) is 1.24. The third kappa shape index (κ3) is 5.90. The lowest BCUT2D eigenvalue weighted by molar-refractivity contribution is -0.132. The first-order valence-electron chi connectivity index (χ1n) is 4.90. The molecule has 0 fully saturated rings. The Hall–Kier alpha value is -0.650. The summed E-state index contributed by atoms with van der Waals surface area (Å²) in [5.41, 5.74) is 0. The molecule has 0 spiro atoms. The Labute approximate surface area is 84.7 Å². The quantitative estimate of drug-likeness (QED) is 0.434. The summed E-state index contributed by atoms with van der Waals surface area (Å²) in [7, 11) is 1.84. The van der Waals surface area contributed by atoms with Crippen molar-refractivity contribution in [2.24, 2.45) is 0 Å². The van der Waals surface area contributed by atoms with Gasteiger partial charge in [0.05, 0.1) is 13.2 Å². The van der Waals surface area contributed by atoms with Gasteiger partial charge in [0.15, 0.2) is 0 Å². The van der Waals surface area contributed by atoms with Gasteiger partial charge in [-0.2, -0.15) is 0 Å². The van der Waals surface area contributed by atoms with Gasteiger partial charge in [-0.25, -0.2) is 0 Å². The van der Waals surface area contributed by atoms with Gasteiger partial charge in [-0.05, 0) is 20.0 Å². The highest BCUT2D eigenvalue weighted by molar-refractivity contribution is 5.76. The summed E-state index contributed by atoms with van der Waals surface area (Å²) < 4.78 is 0. The maximum atomic E-state index is 11.5.